The molecule has 1 aliphatic rings. The van der Waals surface area contributed by atoms with Crippen LogP contribution in [0.25, 0.3) is 0 Å². The average Bonchev–Trinajstić information content (AvgIpc) is 2.61. The monoisotopic (exact) mass is 240 g/mol. The number of hydrogen-bond acceptors (Lipinski definition) is 2. The summed E-state index contributed by atoms with van der Waals surface area (Å²) < 4.78 is 0. The summed E-state index contributed by atoms with van der Waals surface area (Å²) in [6.07, 6.45) is 8.12. The summed E-state index contributed by atoms with van der Waals surface area (Å²) in [6, 6.07) is 0. The third-order valence-electron chi connectivity index (χ3n) is 3.83. The van der Waals surface area contributed by atoms with Crippen molar-refractivity contribution in [1.29, 1.82) is 0 Å². The van der Waals surface area contributed by atoms with E-state index in [-0.39, 0.29) is 12.3 Å². The van der Waals surface area contributed by atoms with Crippen LogP contribution in [0, 0.1) is 11.8 Å². The predicted molar refractivity (Wildman–Crippen MR) is 66.8 cm³/mol. The first-order chi connectivity index (χ1) is 8.15. The van der Waals surface area contributed by atoms with E-state index < -0.39 is 5.97 Å². The van der Waals surface area contributed by atoms with Crippen LogP contribution in [0.4, 0.5) is 0 Å². The maximum absolute atomic E-state index is 11.8. The molecule has 1 N–H and O–H groups in total. The van der Waals surface area contributed by atoms with Gasteiger partial charge in [0.15, 0.2) is 0 Å². The number of carboxylic acid groups (broad SMARTS) is 1. The molecule has 2 unspecified atom stereocenters. The molecule has 17 heavy (non-hydrogen) atoms. The van der Waals surface area contributed by atoms with Crippen LogP contribution in [0.15, 0.2) is 0 Å². The molecule has 0 saturated heterocycles. The van der Waals surface area contributed by atoms with E-state index in [9.17, 15) is 9.59 Å². The molecule has 0 aromatic heterocycles. The standard InChI is InChI=1S/C14H24O3/c1-2-3-4-7-12-11(9-10-13(12)15)6-5-8-14(16)17/h11-12H,2-10H2,1H3,(H,16,17). The van der Waals surface area contributed by atoms with Crippen LogP contribution in [0.5, 0.6) is 0 Å². The molecule has 1 saturated carbocycles. The van der Waals surface area contributed by atoms with Crippen molar-refractivity contribution >= 4 is 11.8 Å². The van der Waals surface area contributed by atoms with Gasteiger partial charge in [0.05, 0.1) is 0 Å². The number of carboxylic acids is 1. The van der Waals surface area contributed by atoms with Crippen LogP contribution >= 0.6 is 0 Å². The Morgan fingerprint density at radius 1 is 1.29 bits per heavy atom. The number of carbonyl (C=O) groups is 2. The number of aliphatic carboxylic acids is 1. The Kier molecular flexibility index (Phi) is 6.23. The molecule has 0 bridgehead atoms. The fourth-order valence-electron chi connectivity index (χ4n) is 2.85. The van der Waals surface area contributed by atoms with Gasteiger partial charge in [-0.1, -0.05) is 26.2 Å². The van der Waals surface area contributed by atoms with E-state index in [1.807, 2.05) is 0 Å². The van der Waals surface area contributed by atoms with E-state index in [2.05, 4.69) is 6.92 Å². The minimum absolute atomic E-state index is 0.232. The number of carbonyl (C=O) groups excluding carboxylic acids is 1. The van der Waals surface area contributed by atoms with Gasteiger partial charge in [-0.2, -0.15) is 0 Å². The van der Waals surface area contributed by atoms with E-state index in [1.54, 1.807) is 0 Å². The Hall–Kier alpha value is -0.860. The van der Waals surface area contributed by atoms with E-state index >= 15 is 0 Å². The van der Waals surface area contributed by atoms with E-state index in [4.69, 9.17) is 5.11 Å². The molecule has 2 atom stereocenters. The van der Waals surface area contributed by atoms with Crippen LogP contribution in [0.1, 0.15) is 64.7 Å². The van der Waals surface area contributed by atoms with E-state index in [1.165, 1.54) is 12.8 Å². The molecule has 1 fully saturated rings. The molecule has 0 aromatic carbocycles. The second kappa shape index (κ2) is 7.46. The van der Waals surface area contributed by atoms with E-state index in [0.717, 1.165) is 32.1 Å². The number of ketones is 1. The van der Waals surface area contributed by atoms with Crippen molar-refractivity contribution in [3.63, 3.8) is 0 Å². The molecule has 0 aromatic rings. The van der Waals surface area contributed by atoms with Gasteiger partial charge < -0.3 is 5.11 Å². The predicted octanol–water partition coefficient (Wildman–Crippen LogP) is 3.42. The van der Waals surface area contributed by atoms with Crippen molar-refractivity contribution in [2.75, 3.05) is 0 Å². The van der Waals surface area contributed by atoms with Gasteiger partial charge in [0.1, 0.15) is 5.78 Å². The smallest absolute Gasteiger partial charge is 0.303 e. The fraction of sp³-hybridized carbons (Fsp3) is 0.857. The van der Waals surface area contributed by atoms with Crippen molar-refractivity contribution < 1.29 is 14.7 Å². The molecule has 1 rings (SSSR count). The van der Waals surface area contributed by atoms with Gasteiger partial charge in [-0.3, -0.25) is 9.59 Å². The lowest BCUT2D eigenvalue weighted by atomic mass is 9.86. The molecular weight excluding hydrogens is 216 g/mol. The molecule has 3 nitrogen and oxygen atoms in total. The number of Topliss-reactive ketones (excluding diaryl/α,β-unsaturated/α-hetero) is 1. The lowest BCUT2D eigenvalue weighted by Gasteiger charge is -2.17. The van der Waals surface area contributed by atoms with Crippen LogP contribution in [0.2, 0.25) is 0 Å². The molecule has 0 amide bonds. The molecule has 0 radical (unpaired) electrons. The Morgan fingerprint density at radius 2 is 2.06 bits per heavy atom. The summed E-state index contributed by atoms with van der Waals surface area (Å²) in [5.74, 6) is 0.382. The third-order valence-corrected chi connectivity index (χ3v) is 3.83. The van der Waals surface area contributed by atoms with E-state index in [0.29, 0.717) is 18.1 Å². The van der Waals surface area contributed by atoms with Gasteiger partial charge in [-0.05, 0) is 31.6 Å². The van der Waals surface area contributed by atoms with Gasteiger partial charge in [0.2, 0.25) is 0 Å². The number of unbranched alkanes of at least 4 members (excludes halogenated alkanes) is 2. The van der Waals surface area contributed by atoms with Crippen LogP contribution in [-0.4, -0.2) is 16.9 Å². The second-order valence-electron chi connectivity index (χ2n) is 5.15. The lowest BCUT2D eigenvalue weighted by molar-refractivity contribution is -0.137. The molecular formula is C14H24O3. The molecule has 0 aliphatic heterocycles. The quantitative estimate of drug-likeness (QED) is 0.661. The first-order valence-corrected chi connectivity index (χ1v) is 6.89. The van der Waals surface area contributed by atoms with Gasteiger partial charge in [0.25, 0.3) is 0 Å². The molecule has 1 aliphatic carbocycles. The van der Waals surface area contributed by atoms with Gasteiger partial charge in [-0.15, -0.1) is 0 Å². The van der Waals surface area contributed by atoms with Crippen molar-refractivity contribution in [3.05, 3.63) is 0 Å². The maximum atomic E-state index is 11.8. The first-order valence-electron chi connectivity index (χ1n) is 6.89. The van der Waals surface area contributed by atoms with Crippen molar-refractivity contribution in [1.82, 2.24) is 0 Å². The summed E-state index contributed by atoms with van der Waals surface area (Å²) >= 11 is 0. The zero-order valence-corrected chi connectivity index (χ0v) is 10.8. The minimum atomic E-state index is -0.725. The Labute approximate surface area is 104 Å². The Morgan fingerprint density at radius 3 is 2.71 bits per heavy atom. The summed E-state index contributed by atoms with van der Waals surface area (Å²) in [5.41, 5.74) is 0. The first kappa shape index (κ1) is 14.2. The van der Waals surface area contributed by atoms with Crippen molar-refractivity contribution in [3.8, 4) is 0 Å². The Balaban J connectivity index is 2.30. The SMILES string of the molecule is CCCCCC1C(=O)CCC1CCCC(=O)O. The lowest BCUT2D eigenvalue weighted by Crippen LogP contribution is -2.15. The second-order valence-corrected chi connectivity index (χ2v) is 5.15. The van der Waals surface area contributed by atoms with Crippen LogP contribution in [-0.2, 0) is 9.59 Å². The molecule has 3 heteroatoms. The highest BCUT2D eigenvalue weighted by molar-refractivity contribution is 5.83. The van der Waals surface area contributed by atoms with Crippen LogP contribution < -0.4 is 0 Å². The highest BCUT2D eigenvalue weighted by Gasteiger charge is 2.33. The number of rotatable bonds is 8. The Bertz CT molecular complexity index is 260. The van der Waals surface area contributed by atoms with Gasteiger partial charge in [-0.25, -0.2) is 0 Å². The van der Waals surface area contributed by atoms with Crippen molar-refractivity contribution in [2.45, 2.75) is 64.7 Å². The largest absolute Gasteiger partial charge is 0.481 e. The summed E-state index contributed by atoms with van der Waals surface area (Å²) in [6.45, 7) is 2.17. The highest BCUT2D eigenvalue weighted by Crippen LogP contribution is 2.35. The fourth-order valence-corrected chi connectivity index (χ4v) is 2.85. The van der Waals surface area contributed by atoms with Gasteiger partial charge in [0, 0.05) is 18.8 Å². The zero-order valence-electron chi connectivity index (χ0n) is 10.8. The normalized spacial score (nSPS) is 24.2. The molecule has 0 heterocycles. The minimum Gasteiger partial charge on any atom is -0.481 e. The van der Waals surface area contributed by atoms with Gasteiger partial charge >= 0.3 is 5.97 Å². The zero-order chi connectivity index (χ0) is 12.7. The molecule has 0 spiro atoms. The summed E-state index contributed by atoms with van der Waals surface area (Å²) in [5, 5.41) is 8.61. The summed E-state index contributed by atoms with van der Waals surface area (Å²) in [7, 11) is 0. The third kappa shape index (κ3) is 4.88. The summed E-state index contributed by atoms with van der Waals surface area (Å²) in [4.78, 5) is 22.2. The topological polar surface area (TPSA) is 54.4 Å². The highest BCUT2D eigenvalue weighted by atomic mass is 16.4. The van der Waals surface area contributed by atoms with Crippen LogP contribution in [0.3, 0.4) is 0 Å². The average molecular weight is 240 g/mol. The van der Waals surface area contributed by atoms with Crippen molar-refractivity contribution in [2.24, 2.45) is 11.8 Å². The molecule has 98 valence electrons. The number of hydrogen-bond donors (Lipinski definition) is 1. The maximum Gasteiger partial charge on any atom is 0.303 e.